The molecule has 0 amide bonds. The molecule has 4 aromatic rings. The minimum absolute atomic E-state index is 0.816. The van der Waals surface area contributed by atoms with Gasteiger partial charge in [-0.15, -0.1) is 0 Å². The fraction of sp³-hybridized carbons (Fsp3) is 0.211. The molecule has 0 bridgehead atoms. The van der Waals surface area contributed by atoms with Crippen LogP contribution < -0.4 is 9.80 Å². The van der Waals surface area contributed by atoms with Crippen LogP contribution in [0.3, 0.4) is 0 Å². The van der Waals surface area contributed by atoms with E-state index in [1.54, 1.807) is 12.5 Å². The third-order valence-electron chi connectivity index (χ3n) is 4.79. The first-order valence-corrected chi connectivity index (χ1v) is 8.91. The summed E-state index contributed by atoms with van der Waals surface area (Å²) in [5, 5.41) is 6.97. The van der Waals surface area contributed by atoms with Gasteiger partial charge in [-0.25, -0.2) is 19.9 Å². The van der Waals surface area contributed by atoms with E-state index in [1.807, 2.05) is 42.6 Å². The normalized spacial score (nSPS) is 14.7. The van der Waals surface area contributed by atoms with E-state index in [4.69, 9.17) is 4.98 Å². The highest BCUT2D eigenvalue weighted by Crippen LogP contribution is 2.25. The van der Waals surface area contributed by atoms with Crippen LogP contribution in [0.25, 0.3) is 22.4 Å². The maximum absolute atomic E-state index is 4.81. The number of hydrogen-bond donors (Lipinski definition) is 1. The van der Waals surface area contributed by atoms with Crippen molar-refractivity contribution in [2.75, 3.05) is 36.0 Å². The number of aromatic nitrogens is 6. The number of anilines is 2. The smallest absolute Gasteiger partial charge is 0.158 e. The molecule has 0 atom stereocenters. The number of H-pyrrole nitrogens is 1. The predicted octanol–water partition coefficient (Wildman–Crippen LogP) is 2.14. The monoisotopic (exact) mass is 358 g/mol. The van der Waals surface area contributed by atoms with Gasteiger partial charge < -0.3 is 9.80 Å². The average Bonchev–Trinajstić information content (AvgIpc) is 3.29. The lowest BCUT2D eigenvalue weighted by molar-refractivity contribution is 0.642. The summed E-state index contributed by atoms with van der Waals surface area (Å²) in [6.45, 7) is 3.50. The summed E-state index contributed by atoms with van der Waals surface area (Å²) in [5.74, 6) is 1.89. The Bertz CT molecular complexity index is 1040. The number of fused-ring (bicyclic) bond motifs is 1. The lowest BCUT2D eigenvalue weighted by atomic mass is 10.2. The first kappa shape index (κ1) is 15.7. The summed E-state index contributed by atoms with van der Waals surface area (Å²) >= 11 is 0. The molecule has 8 heteroatoms. The maximum atomic E-state index is 4.81. The van der Waals surface area contributed by atoms with Gasteiger partial charge in [-0.05, 0) is 30.3 Å². The Kier molecular flexibility index (Phi) is 3.86. The summed E-state index contributed by atoms with van der Waals surface area (Å²) in [7, 11) is 0. The van der Waals surface area contributed by atoms with Gasteiger partial charge in [0.1, 0.15) is 17.7 Å². The Morgan fingerprint density at radius 2 is 1.70 bits per heavy atom. The van der Waals surface area contributed by atoms with Crippen molar-refractivity contribution < 1.29 is 0 Å². The fourth-order valence-electron chi connectivity index (χ4n) is 3.40. The number of piperazine rings is 1. The zero-order valence-corrected chi connectivity index (χ0v) is 14.7. The topological polar surface area (TPSA) is 86.7 Å². The molecule has 134 valence electrons. The van der Waals surface area contributed by atoms with Crippen molar-refractivity contribution in [2.45, 2.75) is 0 Å². The van der Waals surface area contributed by atoms with Gasteiger partial charge in [-0.2, -0.15) is 5.10 Å². The van der Waals surface area contributed by atoms with Crippen LogP contribution in [0.1, 0.15) is 0 Å². The highest BCUT2D eigenvalue weighted by atomic mass is 15.3. The Hall–Kier alpha value is -3.55. The van der Waals surface area contributed by atoms with Crippen LogP contribution in [0.5, 0.6) is 0 Å². The van der Waals surface area contributed by atoms with E-state index >= 15 is 0 Å². The van der Waals surface area contributed by atoms with Crippen LogP contribution >= 0.6 is 0 Å². The van der Waals surface area contributed by atoms with Crippen molar-refractivity contribution in [2.24, 2.45) is 0 Å². The van der Waals surface area contributed by atoms with Crippen molar-refractivity contribution in [1.29, 1.82) is 0 Å². The largest absolute Gasteiger partial charge is 0.353 e. The molecule has 1 fully saturated rings. The van der Waals surface area contributed by atoms with E-state index in [9.17, 15) is 0 Å². The Morgan fingerprint density at radius 3 is 2.48 bits per heavy atom. The average molecular weight is 358 g/mol. The van der Waals surface area contributed by atoms with Crippen molar-refractivity contribution >= 4 is 22.7 Å². The van der Waals surface area contributed by atoms with E-state index in [-0.39, 0.29) is 0 Å². The van der Waals surface area contributed by atoms with E-state index < -0.39 is 0 Å². The molecular formula is C19H18N8. The van der Waals surface area contributed by atoms with Crippen molar-refractivity contribution in [3.05, 3.63) is 55.1 Å². The lowest BCUT2D eigenvalue weighted by Crippen LogP contribution is -2.47. The summed E-state index contributed by atoms with van der Waals surface area (Å²) in [5.41, 5.74) is 3.38. The first-order valence-electron chi connectivity index (χ1n) is 8.91. The van der Waals surface area contributed by atoms with Crippen molar-refractivity contribution in [1.82, 2.24) is 30.1 Å². The van der Waals surface area contributed by atoms with E-state index in [0.29, 0.717) is 0 Å². The highest BCUT2D eigenvalue weighted by Gasteiger charge is 2.21. The molecule has 0 aromatic carbocycles. The minimum atomic E-state index is 0.816. The summed E-state index contributed by atoms with van der Waals surface area (Å²) < 4.78 is 0. The molecule has 5 heterocycles. The van der Waals surface area contributed by atoms with Crippen molar-refractivity contribution in [3.63, 3.8) is 0 Å². The molecule has 1 saturated heterocycles. The number of rotatable bonds is 3. The molecule has 1 aliphatic rings. The van der Waals surface area contributed by atoms with E-state index in [1.165, 1.54) is 0 Å². The zero-order chi connectivity index (χ0) is 18.1. The molecular weight excluding hydrogens is 340 g/mol. The lowest BCUT2D eigenvalue weighted by Gasteiger charge is -2.36. The van der Waals surface area contributed by atoms with Crippen LogP contribution in [0.15, 0.2) is 55.1 Å². The molecule has 0 spiro atoms. The van der Waals surface area contributed by atoms with Crippen LogP contribution in [-0.4, -0.2) is 56.3 Å². The van der Waals surface area contributed by atoms with Crippen molar-refractivity contribution in [3.8, 4) is 11.4 Å². The third-order valence-corrected chi connectivity index (χ3v) is 4.79. The Morgan fingerprint density at radius 1 is 0.815 bits per heavy atom. The molecule has 8 nitrogen and oxygen atoms in total. The molecule has 1 aliphatic heterocycles. The van der Waals surface area contributed by atoms with Crippen LogP contribution in [0, 0.1) is 0 Å². The predicted molar refractivity (Wildman–Crippen MR) is 104 cm³/mol. The Labute approximate surface area is 155 Å². The van der Waals surface area contributed by atoms with Gasteiger partial charge in [-0.3, -0.25) is 5.10 Å². The number of nitrogens with one attached hydrogen (secondary N) is 1. The SMILES string of the molecule is c1ccc(N2CCN(c3ncnc4ccc(-c5ccn[nH]5)nc34)CC2)nc1. The van der Waals surface area contributed by atoms with Crippen LogP contribution in [-0.2, 0) is 0 Å². The van der Waals surface area contributed by atoms with E-state index in [2.05, 4.69) is 34.9 Å². The summed E-state index contributed by atoms with van der Waals surface area (Å²) in [6.07, 6.45) is 5.17. The second kappa shape index (κ2) is 6.64. The maximum Gasteiger partial charge on any atom is 0.158 e. The molecule has 0 saturated carbocycles. The number of hydrogen-bond acceptors (Lipinski definition) is 7. The van der Waals surface area contributed by atoms with Gasteiger partial charge in [0.05, 0.1) is 16.9 Å². The van der Waals surface area contributed by atoms with Crippen LogP contribution in [0.2, 0.25) is 0 Å². The van der Waals surface area contributed by atoms with Gasteiger partial charge in [0.25, 0.3) is 0 Å². The van der Waals surface area contributed by atoms with E-state index in [0.717, 1.165) is 60.2 Å². The fourth-order valence-corrected chi connectivity index (χ4v) is 3.40. The number of pyridine rings is 2. The molecule has 4 aromatic heterocycles. The second-order valence-corrected chi connectivity index (χ2v) is 6.39. The third kappa shape index (κ3) is 2.95. The second-order valence-electron chi connectivity index (χ2n) is 6.39. The molecule has 0 aliphatic carbocycles. The first-order chi connectivity index (χ1) is 13.4. The van der Waals surface area contributed by atoms with Gasteiger partial charge in [0, 0.05) is 38.6 Å². The molecule has 0 unspecified atom stereocenters. The Balaban J connectivity index is 1.44. The van der Waals surface area contributed by atoms with Crippen LogP contribution in [0.4, 0.5) is 11.6 Å². The molecule has 0 radical (unpaired) electrons. The summed E-state index contributed by atoms with van der Waals surface area (Å²) in [4.78, 5) is 22.7. The standard InChI is InChI=1S/C19H18N8/c1-2-7-20-17(3-1)26-9-11-27(12-10-26)19-18-16(21-13-22-19)5-4-14(24-18)15-6-8-23-25-15/h1-8,13H,9-12H2,(H,23,25). The molecule has 1 N–H and O–H groups in total. The zero-order valence-electron chi connectivity index (χ0n) is 14.7. The van der Waals surface area contributed by atoms with Gasteiger partial charge >= 0.3 is 0 Å². The summed E-state index contributed by atoms with van der Waals surface area (Å²) in [6, 6.07) is 11.8. The number of aromatic amines is 1. The number of nitrogens with zero attached hydrogens (tertiary/aromatic N) is 7. The molecule has 27 heavy (non-hydrogen) atoms. The molecule has 5 rings (SSSR count). The van der Waals surface area contributed by atoms with Gasteiger partial charge in [0.15, 0.2) is 5.82 Å². The quantitative estimate of drug-likeness (QED) is 0.600. The van der Waals surface area contributed by atoms with Gasteiger partial charge in [0.2, 0.25) is 0 Å². The highest BCUT2D eigenvalue weighted by molar-refractivity contribution is 5.87. The van der Waals surface area contributed by atoms with Gasteiger partial charge in [-0.1, -0.05) is 6.07 Å². The minimum Gasteiger partial charge on any atom is -0.353 e.